The Morgan fingerprint density at radius 2 is 1.97 bits per heavy atom. The third-order valence-corrected chi connectivity index (χ3v) is 7.89. The topological polar surface area (TPSA) is 86.2 Å². The third-order valence-electron chi connectivity index (χ3n) is 7.54. The highest BCUT2D eigenvalue weighted by Crippen LogP contribution is 2.48. The Kier molecular flexibility index (Phi) is 6.79. The number of carbonyl (C=O) groups is 2. The molecule has 0 aliphatic carbocycles. The van der Waals surface area contributed by atoms with Crippen LogP contribution in [0.15, 0.2) is 36.9 Å². The molecule has 2 aromatic rings. The number of amides is 2. The van der Waals surface area contributed by atoms with E-state index in [0.717, 1.165) is 6.07 Å². The molecule has 1 aromatic heterocycles. The van der Waals surface area contributed by atoms with Gasteiger partial charge in [0.1, 0.15) is 23.0 Å². The molecule has 2 saturated heterocycles. The molecule has 0 saturated carbocycles. The second-order valence-electron chi connectivity index (χ2n) is 10.6. The first kappa shape index (κ1) is 27.3. The number of hydrogen-bond donors (Lipinski definition) is 1. The maximum absolute atomic E-state index is 14.1. The van der Waals surface area contributed by atoms with Gasteiger partial charge in [-0.2, -0.15) is 13.2 Å². The molecule has 12 heteroatoms. The lowest BCUT2D eigenvalue weighted by Crippen LogP contribution is -2.57. The number of rotatable bonds is 3. The summed E-state index contributed by atoms with van der Waals surface area (Å²) in [6.45, 7) is 8.02. The Labute approximate surface area is 228 Å². The van der Waals surface area contributed by atoms with Crippen molar-refractivity contribution in [3.8, 4) is 17.0 Å². The number of nitrogens with zero attached hydrogens (tertiary/aromatic N) is 4. The van der Waals surface area contributed by atoms with Crippen LogP contribution < -0.4 is 9.64 Å². The molecule has 2 fully saturated rings. The van der Waals surface area contributed by atoms with Gasteiger partial charge in [-0.05, 0) is 32.4 Å². The second-order valence-corrected chi connectivity index (χ2v) is 11.0. The first-order valence-electron chi connectivity index (χ1n) is 12.5. The van der Waals surface area contributed by atoms with E-state index in [4.69, 9.17) is 16.3 Å². The van der Waals surface area contributed by atoms with Gasteiger partial charge in [0.2, 0.25) is 5.91 Å². The van der Waals surface area contributed by atoms with Crippen LogP contribution in [0.5, 0.6) is 5.75 Å². The number of aromatic nitrogens is 1. The highest BCUT2D eigenvalue weighted by Gasteiger charge is 2.45. The molecule has 2 atom stereocenters. The number of β-amino-alcohol motifs (C(OH)–C–C–N with tert-alkyl or cyclic N) is 1. The molecule has 3 aliphatic rings. The number of aliphatic hydroxyl groups excluding tert-OH is 1. The van der Waals surface area contributed by atoms with Gasteiger partial charge in [-0.15, -0.1) is 0 Å². The average Bonchev–Trinajstić information content (AvgIpc) is 3.07. The van der Waals surface area contributed by atoms with Crippen LogP contribution in [0, 0.1) is 0 Å². The van der Waals surface area contributed by atoms with E-state index in [1.54, 1.807) is 14.7 Å². The highest BCUT2D eigenvalue weighted by atomic mass is 35.5. The molecule has 208 valence electrons. The number of hydrogen-bond acceptors (Lipinski definition) is 6. The van der Waals surface area contributed by atoms with E-state index in [0.29, 0.717) is 6.42 Å². The summed E-state index contributed by atoms with van der Waals surface area (Å²) < 4.78 is 48.1. The number of anilines is 1. The molecule has 3 aliphatic heterocycles. The van der Waals surface area contributed by atoms with Crippen molar-refractivity contribution in [2.75, 3.05) is 37.7 Å². The number of aliphatic hydroxyl groups is 1. The van der Waals surface area contributed by atoms with Crippen LogP contribution in [0.2, 0.25) is 5.02 Å². The van der Waals surface area contributed by atoms with Crippen molar-refractivity contribution in [3.05, 3.63) is 53.1 Å². The monoisotopic (exact) mass is 564 g/mol. The number of piperazine rings is 1. The first-order valence-corrected chi connectivity index (χ1v) is 12.9. The van der Waals surface area contributed by atoms with E-state index in [1.165, 1.54) is 24.3 Å². The van der Waals surface area contributed by atoms with Crippen molar-refractivity contribution in [2.24, 2.45) is 0 Å². The molecule has 5 rings (SSSR count). The fourth-order valence-corrected chi connectivity index (χ4v) is 5.96. The Bertz CT molecular complexity index is 1350. The van der Waals surface area contributed by atoms with Gasteiger partial charge in [-0.25, -0.2) is 4.98 Å². The van der Waals surface area contributed by atoms with Gasteiger partial charge in [0, 0.05) is 37.3 Å². The lowest BCUT2D eigenvalue weighted by atomic mass is 9.99. The minimum atomic E-state index is -4.68. The van der Waals surface area contributed by atoms with Gasteiger partial charge in [0.05, 0.1) is 23.4 Å². The summed E-state index contributed by atoms with van der Waals surface area (Å²) in [5.41, 5.74) is -2.00. The van der Waals surface area contributed by atoms with Crippen molar-refractivity contribution in [2.45, 2.75) is 44.1 Å². The summed E-state index contributed by atoms with van der Waals surface area (Å²) in [6, 6.07) is 4.43. The summed E-state index contributed by atoms with van der Waals surface area (Å²) in [5.74, 6) is -0.691. The Morgan fingerprint density at radius 1 is 1.26 bits per heavy atom. The summed E-state index contributed by atoms with van der Waals surface area (Å²) in [6.07, 6.45) is -3.85. The maximum Gasteiger partial charge on any atom is 0.417 e. The molecule has 2 amide bonds. The van der Waals surface area contributed by atoms with E-state index >= 15 is 0 Å². The lowest BCUT2D eigenvalue weighted by molar-refractivity contribution is -0.137. The van der Waals surface area contributed by atoms with Crippen molar-refractivity contribution in [1.82, 2.24) is 14.8 Å². The van der Waals surface area contributed by atoms with Crippen LogP contribution in [-0.4, -0.2) is 82.2 Å². The lowest BCUT2D eigenvalue weighted by Gasteiger charge is -2.40. The van der Waals surface area contributed by atoms with Gasteiger partial charge in [-0.1, -0.05) is 36.4 Å². The van der Waals surface area contributed by atoms with Gasteiger partial charge in [0.15, 0.2) is 5.75 Å². The van der Waals surface area contributed by atoms with Crippen LogP contribution in [0.3, 0.4) is 0 Å². The van der Waals surface area contributed by atoms with E-state index in [1.807, 2.05) is 13.8 Å². The van der Waals surface area contributed by atoms with E-state index in [2.05, 4.69) is 11.6 Å². The largest absolute Gasteiger partial charge is 0.489 e. The summed E-state index contributed by atoms with van der Waals surface area (Å²) in [5, 5.41) is 10.3. The Hall–Kier alpha value is -3.31. The Morgan fingerprint density at radius 3 is 2.62 bits per heavy atom. The van der Waals surface area contributed by atoms with E-state index in [9.17, 15) is 27.9 Å². The van der Waals surface area contributed by atoms with Gasteiger partial charge in [-0.3, -0.25) is 9.59 Å². The number of halogens is 4. The van der Waals surface area contributed by atoms with Crippen molar-refractivity contribution in [3.63, 3.8) is 0 Å². The van der Waals surface area contributed by atoms with Crippen molar-refractivity contribution < 1.29 is 32.6 Å². The number of pyridine rings is 1. The fourth-order valence-electron chi connectivity index (χ4n) is 5.67. The molecular weight excluding hydrogens is 537 g/mol. The minimum absolute atomic E-state index is 0.0291. The van der Waals surface area contributed by atoms with Crippen LogP contribution in [0.1, 0.15) is 36.2 Å². The molecule has 2 unspecified atom stereocenters. The summed E-state index contributed by atoms with van der Waals surface area (Å²) in [7, 11) is 0. The molecular formula is C27H28ClF3N4O4. The van der Waals surface area contributed by atoms with Crippen LogP contribution in [0.4, 0.5) is 19.0 Å². The van der Waals surface area contributed by atoms with Crippen LogP contribution >= 0.6 is 11.6 Å². The van der Waals surface area contributed by atoms with Gasteiger partial charge < -0.3 is 24.5 Å². The van der Waals surface area contributed by atoms with E-state index in [-0.39, 0.29) is 72.1 Å². The highest BCUT2D eigenvalue weighted by molar-refractivity contribution is 6.35. The number of fused-ring (bicyclic) bond motifs is 2. The zero-order valence-electron chi connectivity index (χ0n) is 21.5. The van der Waals surface area contributed by atoms with Gasteiger partial charge in [0.25, 0.3) is 5.91 Å². The summed E-state index contributed by atoms with van der Waals surface area (Å²) >= 11 is 6.73. The smallest absolute Gasteiger partial charge is 0.417 e. The normalized spacial score (nSPS) is 22.6. The number of ether oxygens (including phenoxy) is 1. The van der Waals surface area contributed by atoms with Gasteiger partial charge >= 0.3 is 6.18 Å². The van der Waals surface area contributed by atoms with Crippen molar-refractivity contribution >= 4 is 29.2 Å². The number of carbonyl (C=O) groups excluding carboxylic acids is 2. The minimum Gasteiger partial charge on any atom is -0.489 e. The molecule has 0 spiro atoms. The summed E-state index contributed by atoms with van der Waals surface area (Å²) in [4.78, 5) is 35.8. The predicted molar refractivity (Wildman–Crippen MR) is 139 cm³/mol. The molecule has 1 N–H and O–H groups in total. The number of benzene rings is 1. The quantitative estimate of drug-likeness (QED) is 0.567. The molecule has 1 aromatic carbocycles. The fraction of sp³-hybridized carbons (Fsp3) is 0.444. The zero-order valence-corrected chi connectivity index (χ0v) is 22.2. The molecule has 8 nitrogen and oxygen atoms in total. The SMILES string of the molecule is C=CC(=O)N1CCN2C(=O)c3c(N4CC(O)CC4(C)C)nc(-c4ccccc4C(F)(F)F)c(Cl)c3OCC2C1. The standard InChI is InChI=1S/C27H28ClF3N4O4/c1-4-19(37)33-9-10-34-15(12-33)14-39-23-20(25(34)38)24(35-13-16(36)11-26(35,2)3)32-22(21(23)28)17-7-5-6-8-18(17)27(29,30)31/h4-8,15-16,36H,1,9-14H2,2-3H3. The zero-order chi connectivity index (χ0) is 28.3. The van der Waals surface area contributed by atoms with Crippen molar-refractivity contribution in [1.29, 1.82) is 0 Å². The average molecular weight is 565 g/mol. The number of alkyl halides is 3. The second kappa shape index (κ2) is 9.71. The Balaban J connectivity index is 1.71. The predicted octanol–water partition coefficient (Wildman–Crippen LogP) is 4.00. The maximum atomic E-state index is 14.1. The first-order chi connectivity index (χ1) is 18.3. The van der Waals surface area contributed by atoms with Crippen LogP contribution in [-0.2, 0) is 11.0 Å². The molecule has 0 radical (unpaired) electrons. The third kappa shape index (κ3) is 4.71. The van der Waals surface area contributed by atoms with E-state index < -0.39 is 35.3 Å². The molecule has 0 bridgehead atoms. The molecule has 4 heterocycles. The molecule has 39 heavy (non-hydrogen) atoms. The van der Waals surface area contributed by atoms with Crippen LogP contribution in [0.25, 0.3) is 11.3 Å².